The highest BCUT2D eigenvalue weighted by Gasteiger charge is 2.34. The molecule has 280 valence electrons. The summed E-state index contributed by atoms with van der Waals surface area (Å²) in [6.45, 7) is 14.0. The van der Waals surface area contributed by atoms with Crippen molar-refractivity contribution in [2.24, 2.45) is 5.73 Å². The van der Waals surface area contributed by atoms with Gasteiger partial charge in [-0.2, -0.15) is 0 Å². The molecule has 3 atom stereocenters. The van der Waals surface area contributed by atoms with Crippen LogP contribution in [0.3, 0.4) is 0 Å². The minimum atomic E-state index is -1.23. The van der Waals surface area contributed by atoms with E-state index < -0.39 is 42.2 Å². The molecule has 13 nitrogen and oxygen atoms in total. The highest BCUT2D eigenvalue weighted by Crippen LogP contribution is 2.43. The second kappa shape index (κ2) is 16.0. The van der Waals surface area contributed by atoms with Crippen molar-refractivity contribution in [3.63, 3.8) is 0 Å². The van der Waals surface area contributed by atoms with E-state index in [9.17, 15) is 34.5 Å². The maximum absolute atomic E-state index is 13.9. The summed E-state index contributed by atoms with van der Waals surface area (Å²) in [7, 11) is 0. The Labute approximate surface area is 307 Å². The number of aromatic amines is 2. The fourth-order valence-corrected chi connectivity index (χ4v) is 7.54. The molecule has 53 heavy (non-hydrogen) atoms. The molecule has 0 spiro atoms. The number of nitrogens with zero attached hydrogens (tertiary/aromatic N) is 2. The van der Waals surface area contributed by atoms with Gasteiger partial charge in [-0.25, -0.2) is 14.6 Å². The number of hydrogen-bond acceptors (Lipinski definition) is 7. The van der Waals surface area contributed by atoms with Crippen LogP contribution in [0.25, 0.3) is 33.2 Å². The minimum Gasteiger partial charge on any atom is -0.481 e. The molecule has 1 amide bonds. The summed E-state index contributed by atoms with van der Waals surface area (Å²) < 4.78 is 0. The van der Waals surface area contributed by atoms with Crippen molar-refractivity contribution < 1.29 is 34.5 Å². The van der Waals surface area contributed by atoms with Crippen LogP contribution in [0, 0.1) is 13.8 Å². The molecule has 3 aromatic rings. The number of aliphatic carboxylic acids is 2. The number of H-pyrrole nitrogens is 2. The summed E-state index contributed by atoms with van der Waals surface area (Å²) in [5, 5.41) is 32.9. The molecule has 2 aliphatic heterocycles. The van der Waals surface area contributed by atoms with E-state index in [1.54, 1.807) is 13.0 Å². The summed E-state index contributed by atoms with van der Waals surface area (Å²) in [6.07, 6.45) is 3.23. The van der Waals surface area contributed by atoms with Crippen LogP contribution in [-0.4, -0.2) is 71.7 Å². The van der Waals surface area contributed by atoms with Gasteiger partial charge in [-0.15, -0.1) is 0 Å². The smallest absolute Gasteiger partial charge is 0.338 e. The molecular weight excluding hydrogens is 676 g/mol. The zero-order chi connectivity index (χ0) is 38.7. The topological polar surface area (TPSA) is 224 Å². The SMILES string of the molecule is C=CC1=C(C)c2cc3nc(c(CC(=O)N[C@@H](CCCCN)C(=O)O)c4[nH]c(cc5[nH]c(cc1n2)c(C)c5CC)c(C)c4C(=O)O)[C@@H](CCC(=O)O)[C@@H]3C. The largest absolute Gasteiger partial charge is 0.481 e. The van der Waals surface area contributed by atoms with E-state index in [0.29, 0.717) is 59.7 Å². The first kappa shape index (κ1) is 38.7. The first-order valence-corrected chi connectivity index (χ1v) is 18.0. The third-order valence-electron chi connectivity index (χ3n) is 10.5. The van der Waals surface area contributed by atoms with Crippen LogP contribution in [0.15, 0.2) is 30.9 Å². The molecule has 0 unspecified atom stereocenters. The Bertz CT molecular complexity index is 2190. The number of unbranched alkanes of at least 4 members (excludes halogenated alkanes) is 1. The lowest BCUT2D eigenvalue weighted by Gasteiger charge is -2.18. The van der Waals surface area contributed by atoms with Crippen LogP contribution in [0.1, 0.15) is 120 Å². The third kappa shape index (κ3) is 7.80. The number of nitrogens with two attached hydrogens (primary N) is 1. The van der Waals surface area contributed by atoms with Gasteiger partial charge in [0.05, 0.1) is 34.6 Å². The van der Waals surface area contributed by atoms with Gasteiger partial charge in [-0.05, 0) is 99.9 Å². The molecule has 3 aromatic heterocycles. The quantitative estimate of drug-likeness (QED) is 0.0919. The maximum atomic E-state index is 13.9. The van der Waals surface area contributed by atoms with E-state index in [0.717, 1.165) is 33.3 Å². The van der Waals surface area contributed by atoms with Crippen molar-refractivity contribution in [3.05, 3.63) is 81.4 Å². The van der Waals surface area contributed by atoms with Crippen molar-refractivity contribution in [1.29, 1.82) is 0 Å². The van der Waals surface area contributed by atoms with Gasteiger partial charge in [-0.3, -0.25) is 14.6 Å². The molecule has 0 radical (unpaired) electrons. The normalized spacial score (nSPS) is 16.0. The summed E-state index contributed by atoms with van der Waals surface area (Å²) in [5.74, 6) is -4.94. The van der Waals surface area contributed by atoms with E-state index in [-0.39, 0.29) is 41.8 Å². The van der Waals surface area contributed by atoms with Gasteiger partial charge < -0.3 is 36.3 Å². The number of fused-ring (bicyclic) bond motifs is 8. The lowest BCUT2D eigenvalue weighted by molar-refractivity contribution is -0.142. The Balaban J connectivity index is 1.92. The number of carbonyl (C=O) groups excluding carboxylic acids is 1. The van der Waals surface area contributed by atoms with Crippen LogP contribution in [-0.2, 0) is 27.2 Å². The zero-order valence-corrected chi connectivity index (χ0v) is 30.9. The number of allylic oxidation sites excluding steroid dienone is 3. The van der Waals surface area contributed by atoms with Crippen molar-refractivity contribution in [2.45, 2.75) is 97.4 Å². The second-order valence-electron chi connectivity index (χ2n) is 13.8. The standard InChI is InChI=1S/C40H48N6O7/c1-7-23-19(3)28-16-30-21(5)25(12-13-35(48)49)37(45-30)26(15-34(47)44-27(39(50)51)11-9-10-14-41)38-36(40(52)53)22(6)31(46-38)18-33-24(8-2)20(4)29(43-33)17-32(23)42-28/h7,16-18,21,25,27,43,46H,1,8-15,41H2,2-6H3,(H,44,47)(H,48,49)(H,50,51)(H,52,53)/t21-,25-,27-/m0/s1. The molecule has 5 rings (SSSR count). The first-order chi connectivity index (χ1) is 25.2. The van der Waals surface area contributed by atoms with Crippen LogP contribution in [0.5, 0.6) is 0 Å². The number of aryl methyl sites for hydroxylation is 3. The average molecular weight is 725 g/mol. The zero-order valence-electron chi connectivity index (χ0n) is 30.9. The fourth-order valence-electron chi connectivity index (χ4n) is 7.54. The maximum Gasteiger partial charge on any atom is 0.338 e. The van der Waals surface area contributed by atoms with Crippen molar-refractivity contribution in [1.82, 2.24) is 25.3 Å². The van der Waals surface area contributed by atoms with Gasteiger partial charge >= 0.3 is 17.9 Å². The lowest BCUT2D eigenvalue weighted by atomic mass is 9.85. The Kier molecular flexibility index (Phi) is 11.7. The van der Waals surface area contributed by atoms with E-state index in [4.69, 9.17) is 15.7 Å². The molecule has 2 aliphatic rings. The van der Waals surface area contributed by atoms with Crippen molar-refractivity contribution in [3.8, 4) is 0 Å². The third-order valence-corrected chi connectivity index (χ3v) is 10.5. The number of carboxylic acids is 3. The van der Waals surface area contributed by atoms with Gasteiger partial charge in [0.15, 0.2) is 0 Å². The summed E-state index contributed by atoms with van der Waals surface area (Å²) in [5.41, 5.74) is 14.6. The molecule has 0 fully saturated rings. The number of rotatable bonds is 14. The minimum absolute atomic E-state index is 0.0626. The van der Waals surface area contributed by atoms with Crippen LogP contribution in [0.2, 0.25) is 0 Å². The predicted octanol–water partition coefficient (Wildman–Crippen LogP) is 6.30. The molecule has 13 heteroatoms. The monoisotopic (exact) mass is 724 g/mol. The number of carboxylic acid groups (broad SMARTS) is 3. The molecule has 8 bridgehead atoms. The Morgan fingerprint density at radius 3 is 2.30 bits per heavy atom. The molecule has 8 N–H and O–H groups in total. The summed E-state index contributed by atoms with van der Waals surface area (Å²) in [4.78, 5) is 67.8. The van der Waals surface area contributed by atoms with Gasteiger partial charge in [0, 0.05) is 51.6 Å². The molecular formula is C40H48N6O7. The average Bonchev–Trinajstić information content (AvgIpc) is 3.78. The number of amides is 1. The molecule has 0 saturated heterocycles. The van der Waals surface area contributed by atoms with Crippen molar-refractivity contribution >= 4 is 57.0 Å². The second-order valence-corrected chi connectivity index (χ2v) is 13.8. The highest BCUT2D eigenvalue weighted by molar-refractivity contribution is 6.03. The number of carbonyl (C=O) groups is 4. The van der Waals surface area contributed by atoms with Crippen LogP contribution < -0.4 is 11.1 Å². The van der Waals surface area contributed by atoms with Gasteiger partial charge in [0.1, 0.15) is 6.04 Å². The van der Waals surface area contributed by atoms with E-state index in [2.05, 4.69) is 21.9 Å². The lowest BCUT2D eigenvalue weighted by Crippen LogP contribution is -2.41. The van der Waals surface area contributed by atoms with Crippen molar-refractivity contribution in [2.75, 3.05) is 6.54 Å². The fraction of sp³-hybridized carbons (Fsp3) is 0.400. The molecule has 0 saturated carbocycles. The predicted molar refractivity (Wildman–Crippen MR) is 204 cm³/mol. The van der Waals surface area contributed by atoms with Crippen LogP contribution in [0.4, 0.5) is 0 Å². The van der Waals surface area contributed by atoms with Gasteiger partial charge in [0.25, 0.3) is 0 Å². The Hall–Kier alpha value is -5.56. The van der Waals surface area contributed by atoms with Crippen LogP contribution >= 0.6 is 0 Å². The summed E-state index contributed by atoms with van der Waals surface area (Å²) in [6, 6.07) is 4.50. The first-order valence-electron chi connectivity index (χ1n) is 18.0. The number of aromatic carboxylic acids is 1. The van der Waals surface area contributed by atoms with Gasteiger partial charge in [0.2, 0.25) is 5.91 Å². The number of aromatic nitrogens is 4. The van der Waals surface area contributed by atoms with Gasteiger partial charge in [-0.1, -0.05) is 26.5 Å². The molecule has 5 heterocycles. The highest BCUT2D eigenvalue weighted by atomic mass is 16.4. The van der Waals surface area contributed by atoms with E-state index >= 15 is 0 Å². The molecule has 0 aliphatic carbocycles. The Morgan fingerprint density at radius 2 is 1.68 bits per heavy atom. The van der Waals surface area contributed by atoms with E-state index in [1.165, 1.54) is 0 Å². The summed E-state index contributed by atoms with van der Waals surface area (Å²) >= 11 is 0. The molecule has 0 aromatic carbocycles. The number of nitrogens with one attached hydrogen (secondary N) is 3. The number of hydrogen-bond donors (Lipinski definition) is 7. The van der Waals surface area contributed by atoms with E-state index in [1.807, 2.05) is 45.9 Å². The Morgan fingerprint density at radius 1 is 0.962 bits per heavy atom.